The number of hydrogen-bond donors (Lipinski definition) is 3. The number of ether oxygens (including phenoxy) is 1. The van der Waals surface area contributed by atoms with Crippen molar-refractivity contribution in [2.45, 2.75) is 43.4 Å². The second kappa shape index (κ2) is 9.45. The molecule has 1 amide bonds. The molecule has 0 aromatic carbocycles. The van der Waals surface area contributed by atoms with Crippen LogP contribution in [0.5, 0.6) is 0 Å². The maximum absolute atomic E-state index is 12.6. The number of hydrogen-bond acceptors (Lipinski definition) is 9. The van der Waals surface area contributed by atoms with Crippen LogP contribution in [0.1, 0.15) is 36.7 Å². The lowest BCUT2D eigenvalue weighted by Gasteiger charge is -2.53. The molecule has 0 unspecified atom stereocenters. The van der Waals surface area contributed by atoms with Gasteiger partial charge in [0.1, 0.15) is 17.3 Å². The molecular weight excluding hydrogens is 410 g/mol. The number of carboxylic acid groups (broad SMARTS) is 1. The molecule has 0 bridgehead atoms. The number of carbonyl (C=O) groups is 2. The Bertz CT molecular complexity index is 829. The van der Waals surface area contributed by atoms with Gasteiger partial charge < -0.3 is 25.2 Å². The van der Waals surface area contributed by atoms with Crippen LogP contribution in [0.15, 0.2) is 29.9 Å². The molecule has 0 saturated carbocycles. The fraction of sp³-hybridized carbons (Fsp3) is 0.526. The third-order valence-electron chi connectivity index (χ3n) is 5.64. The molecule has 0 aliphatic carbocycles. The molecule has 3 N–H and O–H groups in total. The van der Waals surface area contributed by atoms with Gasteiger partial charge in [0.15, 0.2) is 0 Å². The Morgan fingerprint density at radius 2 is 2.10 bits per heavy atom. The SMILES string of the molecule is C[C@]1(NC(=O)c2ccccn2)CCOC2(CCN(c3nncs3)CC2)[C@@H]1O.O=CO. The van der Waals surface area contributed by atoms with Gasteiger partial charge >= 0.3 is 0 Å². The Morgan fingerprint density at radius 1 is 1.37 bits per heavy atom. The number of rotatable bonds is 3. The Kier molecular flexibility index (Phi) is 6.95. The quantitative estimate of drug-likeness (QED) is 0.601. The number of aromatic nitrogens is 3. The molecule has 30 heavy (non-hydrogen) atoms. The molecule has 0 radical (unpaired) electrons. The molecule has 4 rings (SSSR count). The van der Waals surface area contributed by atoms with E-state index >= 15 is 0 Å². The maximum Gasteiger partial charge on any atom is 0.290 e. The van der Waals surface area contributed by atoms with E-state index in [4.69, 9.17) is 14.6 Å². The summed E-state index contributed by atoms with van der Waals surface area (Å²) in [7, 11) is 0. The summed E-state index contributed by atoms with van der Waals surface area (Å²) in [6, 6.07) is 5.21. The zero-order valence-electron chi connectivity index (χ0n) is 16.6. The molecule has 162 valence electrons. The number of amides is 1. The average molecular weight is 436 g/mol. The lowest BCUT2D eigenvalue weighted by molar-refractivity contribution is -0.195. The van der Waals surface area contributed by atoms with E-state index in [9.17, 15) is 9.90 Å². The van der Waals surface area contributed by atoms with Gasteiger partial charge in [0.05, 0.1) is 11.1 Å². The van der Waals surface area contributed by atoms with E-state index in [-0.39, 0.29) is 12.4 Å². The van der Waals surface area contributed by atoms with Gasteiger partial charge in [0.25, 0.3) is 12.4 Å². The minimum absolute atomic E-state index is 0.250. The second-order valence-corrected chi connectivity index (χ2v) is 8.28. The average Bonchev–Trinajstić information content (AvgIpc) is 3.29. The second-order valence-electron chi connectivity index (χ2n) is 7.47. The summed E-state index contributed by atoms with van der Waals surface area (Å²) < 4.78 is 6.09. The molecule has 2 fully saturated rings. The standard InChI is InChI=1S/C18H23N5O3S.CH2O2/c1-17(21-14(24)13-4-2-3-8-19-13)7-11-26-18(15(17)25)5-9-23(10-6-18)16-22-20-12-27-16;2-1-3/h2-4,8,12,15,25H,5-7,9-11H2,1H3,(H,21,24);1H,(H,2,3)/t15-,17+;/m1./s1. The van der Waals surface area contributed by atoms with Crippen molar-refractivity contribution in [1.82, 2.24) is 20.5 Å². The van der Waals surface area contributed by atoms with Crippen LogP contribution in [-0.4, -0.2) is 74.7 Å². The van der Waals surface area contributed by atoms with Crippen molar-refractivity contribution >= 4 is 28.8 Å². The molecule has 2 saturated heterocycles. The summed E-state index contributed by atoms with van der Waals surface area (Å²) in [5, 5.41) is 30.0. The van der Waals surface area contributed by atoms with E-state index in [1.54, 1.807) is 29.9 Å². The summed E-state index contributed by atoms with van der Waals surface area (Å²) in [6.45, 7) is 3.60. The molecular formula is C19H25N5O5S. The highest BCUT2D eigenvalue weighted by atomic mass is 32.1. The predicted molar refractivity (Wildman–Crippen MR) is 109 cm³/mol. The number of nitrogens with one attached hydrogen (secondary N) is 1. The zero-order chi connectivity index (χ0) is 21.6. The molecule has 2 aromatic rings. The molecule has 2 aliphatic heterocycles. The highest BCUT2D eigenvalue weighted by Gasteiger charge is 2.54. The van der Waals surface area contributed by atoms with Crippen LogP contribution < -0.4 is 10.2 Å². The van der Waals surface area contributed by atoms with Crippen LogP contribution in [0.25, 0.3) is 0 Å². The van der Waals surface area contributed by atoms with Crippen molar-refractivity contribution in [3.05, 3.63) is 35.6 Å². The minimum Gasteiger partial charge on any atom is -0.483 e. The lowest BCUT2D eigenvalue weighted by Crippen LogP contribution is -2.69. The van der Waals surface area contributed by atoms with Crippen LogP contribution in [-0.2, 0) is 9.53 Å². The van der Waals surface area contributed by atoms with E-state index in [0.29, 0.717) is 31.6 Å². The third-order valence-corrected chi connectivity index (χ3v) is 6.39. The van der Waals surface area contributed by atoms with E-state index in [1.807, 2.05) is 6.92 Å². The van der Waals surface area contributed by atoms with Crippen molar-refractivity contribution in [2.75, 3.05) is 24.6 Å². The van der Waals surface area contributed by atoms with Crippen LogP contribution >= 0.6 is 11.3 Å². The zero-order valence-corrected chi connectivity index (χ0v) is 17.4. The maximum atomic E-state index is 12.6. The summed E-state index contributed by atoms with van der Waals surface area (Å²) >= 11 is 1.51. The van der Waals surface area contributed by atoms with E-state index in [0.717, 1.165) is 18.2 Å². The summed E-state index contributed by atoms with van der Waals surface area (Å²) in [5.74, 6) is -0.277. The number of pyridine rings is 1. The lowest BCUT2D eigenvalue weighted by atomic mass is 9.73. The fourth-order valence-corrected chi connectivity index (χ4v) is 4.63. The molecule has 4 heterocycles. The number of nitrogens with zero attached hydrogens (tertiary/aromatic N) is 4. The van der Waals surface area contributed by atoms with Gasteiger partial charge in [0.2, 0.25) is 5.13 Å². The number of aliphatic hydroxyl groups is 1. The molecule has 2 aromatic heterocycles. The monoisotopic (exact) mass is 435 g/mol. The van der Waals surface area contributed by atoms with E-state index in [2.05, 4.69) is 25.4 Å². The van der Waals surface area contributed by atoms with Gasteiger partial charge in [-0.2, -0.15) is 0 Å². The molecule has 2 aliphatic rings. The molecule has 2 atom stereocenters. The fourth-order valence-electron chi connectivity index (χ4n) is 4.01. The highest BCUT2D eigenvalue weighted by Crippen LogP contribution is 2.40. The van der Waals surface area contributed by atoms with Crippen molar-refractivity contribution in [2.24, 2.45) is 0 Å². The van der Waals surface area contributed by atoms with Gasteiger partial charge in [-0.25, -0.2) is 0 Å². The molecule has 11 heteroatoms. The topological polar surface area (TPSA) is 138 Å². The van der Waals surface area contributed by atoms with Crippen molar-refractivity contribution in [3.63, 3.8) is 0 Å². The van der Waals surface area contributed by atoms with E-state index < -0.39 is 17.2 Å². The van der Waals surface area contributed by atoms with Gasteiger partial charge in [-0.3, -0.25) is 14.6 Å². The Labute approximate surface area is 177 Å². The number of piperidine rings is 1. The summed E-state index contributed by atoms with van der Waals surface area (Å²) in [4.78, 5) is 27.2. The van der Waals surface area contributed by atoms with Crippen molar-refractivity contribution in [3.8, 4) is 0 Å². The minimum atomic E-state index is -0.803. The van der Waals surface area contributed by atoms with Crippen molar-refractivity contribution in [1.29, 1.82) is 0 Å². The first-order valence-corrected chi connectivity index (χ1v) is 10.5. The highest BCUT2D eigenvalue weighted by molar-refractivity contribution is 7.13. The smallest absolute Gasteiger partial charge is 0.290 e. The third kappa shape index (κ3) is 4.58. The first kappa shape index (κ1) is 22.1. The Morgan fingerprint density at radius 3 is 2.70 bits per heavy atom. The first-order valence-electron chi connectivity index (χ1n) is 9.59. The summed E-state index contributed by atoms with van der Waals surface area (Å²) in [6.07, 6.45) is 2.67. The Balaban J connectivity index is 0.000000806. The summed E-state index contributed by atoms with van der Waals surface area (Å²) in [5.41, 5.74) is 0.636. The van der Waals surface area contributed by atoms with Gasteiger partial charge in [-0.05, 0) is 38.3 Å². The molecule has 1 spiro atoms. The van der Waals surface area contributed by atoms with Crippen LogP contribution in [0, 0.1) is 0 Å². The number of carbonyl (C=O) groups excluding carboxylic acids is 1. The van der Waals surface area contributed by atoms with Crippen LogP contribution in [0.4, 0.5) is 5.13 Å². The van der Waals surface area contributed by atoms with Crippen molar-refractivity contribution < 1.29 is 24.5 Å². The normalized spacial score (nSPS) is 25.1. The molecule has 10 nitrogen and oxygen atoms in total. The number of anilines is 1. The van der Waals surface area contributed by atoms with Gasteiger partial charge in [-0.15, -0.1) is 10.2 Å². The van der Waals surface area contributed by atoms with Crippen LogP contribution in [0.3, 0.4) is 0 Å². The van der Waals surface area contributed by atoms with E-state index in [1.165, 1.54) is 11.3 Å². The number of aliphatic hydroxyl groups excluding tert-OH is 1. The largest absolute Gasteiger partial charge is 0.483 e. The van der Waals surface area contributed by atoms with Gasteiger partial charge in [-0.1, -0.05) is 17.4 Å². The Hall–Kier alpha value is -2.63. The predicted octanol–water partition coefficient (Wildman–Crippen LogP) is 0.943. The van der Waals surface area contributed by atoms with Gasteiger partial charge in [0, 0.05) is 25.9 Å². The first-order chi connectivity index (χ1) is 14.4. The van der Waals surface area contributed by atoms with Crippen LogP contribution in [0.2, 0.25) is 0 Å².